The number of halogens is 2. The number of carbonyl (C=O) groups excluding carboxylic acids is 5. The quantitative estimate of drug-likeness (QED) is 0.400. The third kappa shape index (κ3) is 3.28. The Bertz CT molecular complexity index is 1440. The summed E-state index contributed by atoms with van der Waals surface area (Å²) < 4.78 is 5.39. The fourth-order valence-corrected chi connectivity index (χ4v) is 7.92. The Morgan fingerprint density at radius 1 is 0.821 bits per heavy atom. The summed E-state index contributed by atoms with van der Waals surface area (Å²) in [6.45, 7) is 5.09. The molecule has 3 fully saturated rings. The molecule has 2 heterocycles. The molecule has 2 aromatic rings. The summed E-state index contributed by atoms with van der Waals surface area (Å²) >= 11 is 12.3. The van der Waals surface area contributed by atoms with E-state index < -0.39 is 64.6 Å². The number of allylic oxidation sites excluding steroid dienone is 1. The Labute approximate surface area is 234 Å². The first kappa shape index (κ1) is 25.8. The molecule has 3 aliphatic carbocycles. The van der Waals surface area contributed by atoms with E-state index in [0.29, 0.717) is 27.0 Å². The zero-order valence-corrected chi connectivity index (χ0v) is 22.8. The first-order chi connectivity index (χ1) is 18.5. The van der Waals surface area contributed by atoms with E-state index in [9.17, 15) is 24.0 Å². The molecule has 4 unspecified atom stereocenters. The maximum Gasteiger partial charge on any atom is 0.334 e. The van der Waals surface area contributed by atoms with Gasteiger partial charge in [0.15, 0.2) is 0 Å². The predicted molar refractivity (Wildman–Crippen MR) is 143 cm³/mol. The number of hydrogen-bond donors (Lipinski definition) is 0. The molecular formula is C29H24Cl2N2O6. The van der Waals surface area contributed by atoms with E-state index in [1.165, 1.54) is 12.1 Å². The van der Waals surface area contributed by atoms with Crippen LogP contribution in [0, 0.1) is 35.0 Å². The Morgan fingerprint density at radius 2 is 1.28 bits per heavy atom. The van der Waals surface area contributed by atoms with Crippen molar-refractivity contribution in [3.8, 4) is 0 Å². The zero-order valence-electron chi connectivity index (χ0n) is 21.3. The summed E-state index contributed by atoms with van der Waals surface area (Å²) in [5.74, 6) is -7.48. The van der Waals surface area contributed by atoms with E-state index >= 15 is 0 Å². The van der Waals surface area contributed by atoms with Gasteiger partial charge in [-0.3, -0.25) is 19.2 Å². The molecule has 2 bridgehead atoms. The summed E-state index contributed by atoms with van der Waals surface area (Å²) in [4.78, 5) is 71.8. The van der Waals surface area contributed by atoms with Crippen LogP contribution in [0.2, 0.25) is 10.0 Å². The van der Waals surface area contributed by atoms with Crippen molar-refractivity contribution in [3.63, 3.8) is 0 Å². The molecule has 7 rings (SSSR count). The van der Waals surface area contributed by atoms with Gasteiger partial charge in [-0.2, -0.15) is 0 Å². The fraction of sp³-hybridized carbons (Fsp3) is 0.345. The second-order valence-electron chi connectivity index (χ2n) is 10.6. The molecule has 2 aromatic carbocycles. The lowest BCUT2D eigenvalue weighted by atomic mass is 9.43. The van der Waals surface area contributed by atoms with Crippen LogP contribution in [0.3, 0.4) is 0 Å². The highest BCUT2D eigenvalue weighted by Gasteiger charge is 2.77. The number of rotatable bonds is 4. The lowest BCUT2D eigenvalue weighted by molar-refractivity contribution is -0.155. The first-order valence-corrected chi connectivity index (χ1v) is 13.4. The van der Waals surface area contributed by atoms with E-state index in [4.69, 9.17) is 27.9 Å². The molecular weight excluding hydrogens is 543 g/mol. The minimum absolute atomic E-state index is 0.0849. The number of amides is 4. The number of ether oxygens (including phenoxy) is 1. The molecule has 4 atom stereocenters. The number of anilines is 2. The van der Waals surface area contributed by atoms with Crippen molar-refractivity contribution < 1.29 is 28.7 Å². The molecule has 5 aliphatic rings. The van der Waals surface area contributed by atoms with Gasteiger partial charge in [0.05, 0.1) is 41.7 Å². The van der Waals surface area contributed by atoms with E-state index in [2.05, 4.69) is 0 Å². The topological polar surface area (TPSA) is 101 Å². The highest BCUT2D eigenvalue weighted by molar-refractivity contribution is 6.32. The molecule has 0 radical (unpaired) electrons. The molecule has 39 heavy (non-hydrogen) atoms. The second kappa shape index (κ2) is 8.76. The molecule has 0 N–H and O–H groups in total. The number of hydrogen-bond acceptors (Lipinski definition) is 6. The van der Waals surface area contributed by atoms with Gasteiger partial charge in [-0.1, -0.05) is 47.8 Å². The average Bonchev–Trinajstić information content (AvgIpc) is 3.30. The molecule has 0 aromatic heterocycles. The number of nitrogens with zero attached hydrogens (tertiary/aromatic N) is 2. The normalized spacial score (nSPS) is 31.3. The molecule has 2 aliphatic heterocycles. The lowest BCUT2D eigenvalue weighted by Gasteiger charge is -2.55. The summed E-state index contributed by atoms with van der Waals surface area (Å²) in [5, 5.41) is 0.691. The molecule has 2 saturated heterocycles. The summed E-state index contributed by atoms with van der Waals surface area (Å²) in [5.41, 5.74) is -0.176. The summed E-state index contributed by atoms with van der Waals surface area (Å²) in [6, 6.07) is 12.8. The minimum Gasteiger partial charge on any atom is -0.463 e. The van der Waals surface area contributed by atoms with Crippen LogP contribution in [0.4, 0.5) is 11.4 Å². The first-order valence-electron chi connectivity index (χ1n) is 12.7. The molecule has 1 saturated carbocycles. The van der Waals surface area contributed by atoms with Crippen LogP contribution in [0.25, 0.3) is 0 Å². The Hall–Kier alpha value is -3.49. The SMILES string of the molecule is CCOC(=O)C1=C(C)C2C3C(=O)N(c4cccc(Cl)c4)C(=O)C3C1(C)C1C(=O)N(c3cccc(Cl)c3)C(=O)C21. The third-order valence-corrected chi connectivity index (χ3v) is 9.28. The van der Waals surface area contributed by atoms with Crippen LogP contribution in [0.1, 0.15) is 20.8 Å². The van der Waals surface area contributed by atoms with Crippen molar-refractivity contribution in [1.29, 1.82) is 0 Å². The fourth-order valence-electron chi connectivity index (χ4n) is 7.55. The number of esters is 1. The molecule has 4 amide bonds. The highest BCUT2D eigenvalue weighted by Crippen LogP contribution is 2.68. The Balaban J connectivity index is 1.55. The van der Waals surface area contributed by atoms with Gasteiger partial charge >= 0.3 is 5.97 Å². The van der Waals surface area contributed by atoms with Crippen LogP contribution < -0.4 is 9.80 Å². The lowest BCUT2D eigenvalue weighted by Crippen LogP contribution is -2.61. The minimum atomic E-state index is -1.47. The van der Waals surface area contributed by atoms with Crippen molar-refractivity contribution in [2.24, 2.45) is 35.0 Å². The van der Waals surface area contributed by atoms with Crippen molar-refractivity contribution in [3.05, 3.63) is 69.7 Å². The van der Waals surface area contributed by atoms with Gasteiger partial charge in [-0.25, -0.2) is 14.6 Å². The van der Waals surface area contributed by atoms with E-state index in [-0.39, 0.29) is 12.2 Å². The third-order valence-electron chi connectivity index (χ3n) is 8.81. The number of benzene rings is 2. The molecule has 10 heteroatoms. The molecule has 0 spiro atoms. The van der Waals surface area contributed by atoms with Gasteiger partial charge in [0, 0.05) is 27.0 Å². The van der Waals surface area contributed by atoms with Crippen LogP contribution >= 0.6 is 23.2 Å². The van der Waals surface area contributed by atoms with Gasteiger partial charge in [0.25, 0.3) is 0 Å². The molecule has 8 nitrogen and oxygen atoms in total. The monoisotopic (exact) mass is 566 g/mol. The van der Waals surface area contributed by atoms with Crippen molar-refractivity contribution in [1.82, 2.24) is 0 Å². The van der Waals surface area contributed by atoms with Crippen LogP contribution in [0.5, 0.6) is 0 Å². The van der Waals surface area contributed by atoms with E-state index in [1.807, 2.05) is 0 Å². The van der Waals surface area contributed by atoms with Gasteiger partial charge in [-0.15, -0.1) is 0 Å². The van der Waals surface area contributed by atoms with Gasteiger partial charge in [-0.05, 0) is 50.2 Å². The average molecular weight is 567 g/mol. The van der Waals surface area contributed by atoms with Crippen molar-refractivity contribution in [2.45, 2.75) is 20.8 Å². The van der Waals surface area contributed by atoms with Gasteiger partial charge < -0.3 is 4.74 Å². The number of imide groups is 2. The standard InChI is InChI=1S/C29H24Cl2N2O6/c1-4-39-28(38)21-13(2)18-19-22(26(36)32(24(19)34)16-9-5-7-14(30)11-16)29(21,3)23-20(18)25(35)33(27(23)37)17-10-6-8-15(31)12-17/h5-12,18-20,22-23H,4H2,1-3H3. The second-order valence-corrected chi connectivity index (χ2v) is 11.5. The molecule has 200 valence electrons. The van der Waals surface area contributed by atoms with E-state index in [0.717, 1.165) is 9.80 Å². The van der Waals surface area contributed by atoms with Crippen molar-refractivity contribution >= 4 is 64.2 Å². The zero-order chi connectivity index (χ0) is 28.0. The van der Waals surface area contributed by atoms with E-state index in [1.54, 1.807) is 57.2 Å². The van der Waals surface area contributed by atoms with Crippen LogP contribution in [-0.2, 0) is 28.7 Å². The maximum atomic E-state index is 14.1. The van der Waals surface area contributed by atoms with Crippen LogP contribution in [0.15, 0.2) is 59.7 Å². The summed E-state index contributed by atoms with van der Waals surface area (Å²) in [7, 11) is 0. The smallest absolute Gasteiger partial charge is 0.334 e. The Morgan fingerprint density at radius 3 is 1.69 bits per heavy atom. The number of carbonyl (C=O) groups is 5. The van der Waals surface area contributed by atoms with Gasteiger partial charge in [0.1, 0.15) is 0 Å². The van der Waals surface area contributed by atoms with Crippen molar-refractivity contribution in [2.75, 3.05) is 16.4 Å². The highest BCUT2D eigenvalue weighted by atomic mass is 35.5. The largest absolute Gasteiger partial charge is 0.463 e. The van der Waals surface area contributed by atoms with Crippen LogP contribution in [-0.4, -0.2) is 36.2 Å². The van der Waals surface area contributed by atoms with Gasteiger partial charge in [0.2, 0.25) is 23.6 Å². The summed E-state index contributed by atoms with van der Waals surface area (Å²) in [6.07, 6.45) is 0. The maximum absolute atomic E-state index is 14.1. The predicted octanol–water partition coefficient (Wildman–Crippen LogP) is 4.43. The Kier molecular flexibility index (Phi) is 5.79.